The average Bonchev–Trinajstić information content (AvgIpc) is 2.18. The van der Waals surface area contributed by atoms with Crippen LogP contribution in [0.15, 0.2) is 0 Å². The van der Waals surface area contributed by atoms with E-state index in [1.54, 1.807) is 4.90 Å². The molecule has 1 atom stereocenters. The van der Waals surface area contributed by atoms with E-state index in [1.165, 1.54) is 6.42 Å². The molecule has 0 aliphatic carbocycles. The zero-order valence-electron chi connectivity index (χ0n) is 9.42. The molecule has 4 heteroatoms. The van der Waals surface area contributed by atoms with Crippen LogP contribution in [-0.4, -0.2) is 56.1 Å². The Labute approximate surface area is 86.2 Å². The molecule has 0 aromatic rings. The minimum atomic E-state index is 0.143. The Morgan fingerprint density at radius 3 is 2.79 bits per heavy atom. The summed E-state index contributed by atoms with van der Waals surface area (Å²) in [4.78, 5) is 15.5. The number of urea groups is 1. The minimum absolute atomic E-state index is 0.143. The molecule has 1 aliphatic heterocycles. The van der Waals surface area contributed by atoms with E-state index in [9.17, 15) is 4.79 Å². The SMILES string of the molecule is CNCC1CCCCN1C(=O)N(C)C. The maximum atomic E-state index is 11.8. The Bertz CT molecular complexity index is 192. The van der Waals surface area contributed by atoms with Gasteiger partial charge in [0.25, 0.3) is 0 Å². The molecule has 1 fully saturated rings. The summed E-state index contributed by atoms with van der Waals surface area (Å²) in [5.41, 5.74) is 0. The second-order valence-electron chi connectivity index (χ2n) is 4.08. The fourth-order valence-electron chi connectivity index (χ4n) is 1.96. The number of likely N-dealkylation sites (N-methyl/N-ethyl adjacent to an activating group) is 1. The van der Waals surface area contributed by atoms with Gasteiger partial charge in [-0.15, -0.1) is 0 Å². The van der Waals surface area contributed by atoms with Gasteiger partial charge in [0.2, 0.25) is 0 Å². The van der Waals surface area contributed by atoms with Crippen molar-refractivity contribution < 1.29 is 4.79 Å². The summed E-state index contributed by atoms with van der Waals surface area (Å²) < 4.78 is 0. The van der Waals surface area contributed by atoms with E-state index in [0.717, 1.165) is 25.9 Å². The molecular weight excluding hydrogens is 178 g/mol. The summed E-state index contributed by atoms with van der Waals surface area (Å²) in [6, 6.07) is 0.522. The van der Waals surface area contributed by atoms with E-state index in [-0.39, 0.29) is 6.03 Å². The highest BCUT2D eigenvalue weighted by Crippen LogP contribution is 2.17. The van der Waals surface area contributed by atoms with Crippen LogP contribution in [-0.2, 0) is 0 Å². The van der Waals surface area contributed by atoms with Gasteiger partial charge in [-0.3, -0.25) is 0 Å². The van der Waals surface area contributed by atoms with Crippen LogP contribution < -0.4 is 5.32 Å². The zero-order chi connectivity index (χ0) is 10.6. The van der Waals surface area contributed by atoms with E-state index in [1.807, 2.05) is 26.0 Å². The van der Waals surface area contributed by atoms with E-state index in [4.69, 9.17) is 0 Å². The Morgan fingerprint density at radius 1 is 1.50 bits per heavy atom. The van der Waals surface area contributed by atoms with Crippen molar-refractivity contribution in [3.05, 3.63) is 0 Å². The van der Waals surface area contributed by atoms with Gasteiger partial charge < -0.3 is 15.1 Å². The maximum Gasteiger partial charge on any atom is 0.319 e. The standard InChI is InChI=1S/C10H21N3O/c1-11-8-9-6-4-5-7-13(9)10(14)12(2)3/h9,11H,4-8H2,1-3H3. The van der Waals surface area contributed by atoms with Crippen molar-refractivity contribution in [2.24, 2.45) is 0 Å². The van der Waals surface area contributed by atoms with E-state index in [2.05, 4.69) is 5.32 Å². The van der Waals surface area contributed by atoms with Crippen LogP contribution in [0.1, 0.15) is 19.3 Å². The van der Waals surface area contributed by atoms with Crippen molar-refractivity contribution in [3.63, 3.8) is 0 Å². The van der Waals surface area contributed by atoms with E-state index < -0.39 is 0 Å². The maximum absolute atomic E-state index is 11.8. The molecule has 0 aromatic carbocycles. The molecule has 0 bridgehead atoms. The molecule has 0 saturated carbocycles. The highest BCUT2D eigenvalue weighted by Gasteiger charge is 2.26. The molecule has 2 amide bonds. The zero-order valence-corrected chi connectivity index (χ0v) is 9.42. The van der Waals surface area contributed by atoms with Gasteiger partial charge in [-0.05, 0) is 26.3 Å². The first-order valence-corrected chi connectivity index (χ1v) is 5.29. The number of carbonyl (C=O) groups excluding carboxylic acids is 1. The van der Waals surface area contributed by atoms with Crippen LogP contribution in [0, 0.1) is 0 Å². The largest absolute Gasteiger partial charge is 0.331 e. The van der Waals surface area contributed by atoms with Crippen molar-refractivity contribution >= 4 is 6.03 Å². The van der Waals surface area contributed by atoms with Crippen molar-refractivity contribution in [1.29, 1.82) is 0 Å². The Balaban J connectivity index is 2.57. The first kappa shape index (κ1) is 11.3. The lowest BCUT2D eigenvalue weighted by Gasteiger charge is -2.37. The Kier molecular flexibility index (Phi) is 4.20. The average molecular weight is 199 g/mol. The van der Waals surface area contributed by atoms with Crippen LogP contribution in [0.4, 0.5) is 4.79 Å². The molecule has 82 valence electrons. The van der Waals surface area contributed by atoms with Gasteiger partial charge in [0.1, 0.15) is 0 Å². The van der Waals surface area contributed by atoms with Crippen molar-refractivity contribution in [2.75, 3.05) is 34.2 Å². The summed E-state index contributed by atoms with van der Waals surface area (Å²) in [7, 11) is 5.56. The van der Waals surface area contributed by atoms with Gasteiger partial charge in [0.15, 0.2) is 0 Å². The topological polar surface area (TPSA) is 35.6 Å². The molecule has 0 spiro atoms. The van der Waals surface area contributed by atoms with Gasteiger partial charge in [-0.25, -0.2) is 4.79 Å². The predicted octanol–water partition coefficient (Wildman–Crippen LogP) is 0.742. The number of carbonyl (C=O) groups is 1. The highest BCUT2D eigenvalue weighted by atomic mass is 16.2. The molecule has 0 aromatic heterocycles. The second kappa shape index (κ2) is 5.20. The Hall–Kier alpha value is -0.770. The number of piperidine rings is 1. The molecule has 0 radical (unpaired) electrons. The third-order valence-corrected chi connectivity index (χ3v) is 2.70. The molecule has 14 heavy (non-hydrogen) atoms. The second-order valence-corrected chi connectivity index (χ2v) is 4.08. The summed E-state index contributed by atoms with van der Waals surface area (Å²) in [6.45, 7) is 1.81. The number of hydrogen-bond donors (Lipinski definition) is 1. The normalized spacial score (nSPS) is 22.2. The number of nitrogens with one attached hydrogen (secondary N) is 1. The molecular formula is C10H21N3O. The molecule has 1 aliphatic rings. The fourth-order valence-corrected chi connectivity index (χ4v) is 1.96. The van der Waals surface area contributed by atoms with Crippen LogP contribution in [0.25, 0.3) is 0 Å². The van der Waals surface area contributed by atoms with E-state index >= 15 is 0 Å². The highest BCUT2D eigenvalue weighted by molar-refractivity contribution is 5.74. The van der Waals surface area contributed by atoms with E-state index in [0.29, 0.717) is 6.04 Å². The first-order valence-electron chi connectivity index (χ1n) is 5.29. The van der Waals surface area contributed by atoms with Gasteiger partial charge in [-0.2, -0.15) is 0 Å². The van der Waals surface area contributed by atoms with Crippen LogP contribution in [0.5, 0.6) is 0 Å². The first-order chi connectivity index (χ1) is 6.66. The van der Waals surface area contributed by atoms with Crippen LogP contribution in [0.2, 0.25) is 0 Å². The smallest absolute Gasteiger partial charge is 0.319 e. The van der Waals surface area contributed by atoms with Gasteiger partial charge in [0.05, 0.1) is 0 Å². The van der Waals surface area contributed by atoms with Crippen LogP contribution in [0.3, 0.4) is 0 Å². The summed E-state index contributed by atoms with van der Waals surface area (Å²) in [6.07, 6.45) is 3.50. The summed E-state index contributed by atoms with van der Waals surface area (Å²) in [5, 5.41) is 3.15. The van der Waals surface area contributed by atoms with Gasteiger partial charge >= 0.3 is 6.03 Å². The molecule has 1 heterocycles. The molecule has 1 N–H and O–H groups in total. The lowest BCUT2D eigenvalue weighted by molar-refractivity contribution is 0.128. The number of rotatable bonds is 2. The molecule has 1 rings (SSSR count). The molecule has 1 unspecified atom stereocenters. The number of amides is 2. The monoisotopic (exact) mass is 199 g/mol. The number of nitrogens with zero attached hydrogens (tertiary/aromatic N) is 2. The van der Waals surface area contributed by atoms with Crippen molar-refractivity contribution in [2.45, 2.75) is 25.3 Å². The molecule has 1 saturated heterocycles. The van der Waals surface area contributed by atoms with Crippen LogP contribution >= 0.6 is 0 Å². The summed E-state index contributed by atoms with van der Waals surface area (Å²) >= 11 is 0. The number of hydrogen-bond acceptors (Lipinski definition) is 2. The van der Waals surface area contributed by atoms with Crippen molar-refractivity contribution in [1.82, 2.24) is 15.1 Å². The third-order valence-electron chi connectivity index (χ3n) is 2.70. The molecule has 4 nitrogen and oxygen atoms in total. The van der Waals surface area contributed by atoms with Gasteiger partial charge in [-0.1, -0.05) is 0 Å². The lowest BCUT2D eigenvalue weighted by Crippen LogP contribution is -2.51. The lowest BCUT2D eigenvalue weighted by atomic mass is 10.0. The van der Waals surface area contributed by atoms with Crippen molar-refractivity contribution in [3.8, 4) is 0 Å². The third kappa shape index (κ3) is 2.61. The quantitative estimate of drug-likeness (QED) is 0.712. The predicted molar refractivity (Wildman–Crippen MR) is 57.4 cm³/mol. The fraction of sp³-hybridized carbons (Fsp3) is 0.900. The Morgan fingerprint density at radius 2 is 2.21 bits per heavy atom. The number of likely N-dealkylation sites (tertiary alicyclic amines) is 1. The minimum Gasteiger partial charge on any atom is -0.331 e. The van der Waals surface area contributed by atoms with Gasteiger partial charge in [0, 0.05) is 33.2 Å². The summed E-state index contributed by atoms with van der Waals surface area (Å²) in [5.74, 6) is 0.